The van der Waals surface area contributed by atoms with Gasteiger partial charge in [-0.15, -0.1) is 0 Å². The predicted molar refractivity (Wildman–Crippen MR) is 90.2 cm³/mol. The van der Waals surface area contributed by atoms with Gasteiger partial charge in [0.05, 0.1) is 6.54 Å². The van der Waals surface area contributed by atoms with Crippen LogP contribution in [0, 0.1) is 11.6 Å². The van der Waals surface area contributed by atoms with E-state index in [1.54, 1.807) is 0 Å². The Bertz CT molecular complexity index is 812. The fourth-order valence-electron chi connectivity index (χ4n) is 3.06. The average Bonchev–Trinajstić information content (AvgIpc) is 2.63. The summed E-state index contributed by atoms with van der Waals surface area (Å²) in [5.74, 6) is -2.21. The lowest BCUT2D eigenvalue weighted by Gasteiger charge is -2.35. The van der Waals surface area contributed by atoms with Crippen molar-refractivity contribution in [2.45, 2.75) is 6.18 Å². The van der Waals surface area contributed by atoms with Crippen molar-refractivity contribution in [3.8, 4) is 11.1 Å². The van der Waals surface area contributed by atoms with Crippen molar-refractivity contribution in [3.05, 3.63) is 59.7 Å². The van der Waals surface area contributed by atoms with Crippen LogP contribution in [0.1, 0.15) is 10.4 Å². The first-order valence-electron chi connectivity index (χ1n) is 8.37. The van der Waals surface area contributed by atoms with Crippen molar-refractivity contribution in [2.24, 2.45) is 0 Å². The van der Waals surface area contributed by atoms with Crippen molar-refractivity contribution in [3.63, 3.8) is 0 Å². The van der Waals surface area contributed by atoms with Crippen LogP contribution in [0.15, 0.2) is 42.5 Å². The van der Waals surface area contributed by atoms with Gasteiger partial charge in [-0.3, -0.25) is 9.69 Å². The number of nitrogens with zero attached hydrogens (tertiary/aromatic N) is 2. The summed E-state index contributed by atoms with van der Waals surface area (Å²) in [4.78, 5) is 15.3. The highest BCUT2D eigenvalue weighted by atomic mass is 19.4. The van der Waals surface area contributed by atoms with Crippen LogP contribution in [0.25, 0.3) is 11.1 Å². The molecular formula is C19H17F5N2O. The Morgan fingerprint density at radius 3 is 2.15 bits per heavy atom. The molecule has 1 heterocycles. The fourth-order valence-corrected chi connectivity index (χ4v) is 3.06. The van der Waals surface area contributed by atoms with Gasteiger partial charge in [-0.2, -0.15) is 13.2 Å². The number of piperazine rings is 1. The summed E-state index contributed by atoms with van der Waals surface area (Å²) in [7, 11) is 0. The summed E-state index contributed by atoms with van der Waals surface area (Å²) in [5, 5.41) is 0. The van der Waals surface area contributed by atoms with E-state index in [1.165, 1.54) is 46.2 Å². The molecule has 1 aliphatic rings. The van der Waals surface area contributed by atoms with E-state index in [9.17, 15) is 26.7 Å². The van der Waals surface area contributed by atoms with E-state index in [0.29, 0.717) is 11.1 Å². The SMILES string of the molecule is O=C(c1ccc(-c2cccc(F)c2F)cc1)N1CCN(CC(F)(F)F)CC1. The third kappa shape index (κ3) is 4.63. The quantitative estimate of drug-likeness (QED) is 0.749. The molecule has 0 unspecified atom stereocenters. The molecule has 8 heteroatoms. The van der Waals surface area contributed by atoms with Crippen molar-refractivity contribution in [1.29, 1.82) is 0 Å². The third-order valence-electron chi connectivity index (χ3n) is 4.46. The second-order valence-electron chi connectivity index (χ2n) is 6.36. The molecule has 2 aromatic carbocycles. The maximum Gasteiger partial charge on any atom is 0.401 e. The number of benzene rings is 2. The van der Waals surface area contributed by atoms with Gasteiger partial charge in [0.1, 0.15) is 0 Å². The Kier molecular flexibility index (Phi) is 5.46. The molecule has 3 rings (SSSR count). The molecule has 1 aliphatic heterocycles. The first-order valence-corrected chi connectivity index (χ1v) is 8.37. The molecule has 1 saturated heterocycles. The number of carbonyl (C=O) groups is 1. The lowest BCUT2D eigenvalue weighted by atomic mass is 10.0. The number of rotatable bonds is 3. The highest BCUT2D eigenvalue weighted by molar-refractivity contribution is 5.94. The lowest BCUT2D eigenvalue weighted by molar-refractivity contribution is -0.148. The maximum absolute atomic E-state index is 13.9. The topological polar surface area (TPSA) is 23.6 Å². The van der Waals surface area contributed by atoms with Crippen molar-refractivity contribution in [2.75, 3.05) is 32.7 Å². The second kappa shape index (κ2) is 7.64. The third-order valence-corrected chi connectivity index (χ3v) is 4.46. The molecule has 0 bridgehead atoms. The van der Waals surface area contributed by atoms with Crippen LogP contribution in [-0.2, 0) is 0 Å². The number of halogens is 5. The number of carbonyl (C=O) groups excluding carboxylic acids is 1. The standard InChI is InChI=1S/C19H17F5N2O/c20-16-3-1-2-15(17(16)21)13-4-6-14(7-5-13)18(27)26-10-8-25(9-11-26)12-19(22,23)24/h1-7H,8-12H2. The summed E-state index contributed by atoms with van der Waals surface area (Å²) in [6, 6.07) is 9.90. The molecule has 0 N–H and O–H groups in total. The summed E-state index contributed by atoms with van der Waals surface area (Å²) in [6.45, 7) is -0.275. The number of hydrogen-bond acceptors (Lipinski definition) is 2. The van der Waals surface area contributed by atoms with E-state index in [1.807, 2.05) is 0 Å². The van der Waals surface area contributed by atoms with Crippen LogP contribution in [0.4, 0.5) is 22.0 Å². The molecule has 144 valence electrons. The Morgan fingerprint density at radius 1 is 0.926 bits per heavy atom. The van der Waals surface area contributed by atoms with Gasteiger partial charge in [0.15, 0.2) is 11.6 Å². The zero-order chi connectivity index (χ0) is 19.6. The average molecular weight is 384 g/mol. The largest absolute Gasteiger partial charge is 0.401 e. The minimum Gasteiger partial charge on any atom is -0.336 e. The first-order chi connectivity index (χ1) is 12.7. The monoisotopic (exact) mass is 384 g/mol. The molecule has 0 aliphatic carbocycles. The van der Waals surface area contributed by atoms with Gasteiger partial charge in [0, 0.05) is 37.3 Å². The first kappa shape index (κ1) is 19.3. The van der Waals surface area contributed by atoms with Gasteiger partial charge < -0.3 is 4.90 Å². The second-order valence-corrected chi connectivity index (χ2v) is 6.36. The van der Waals surface area contributed by atoms with E-state index in [2.05, 4.69) is 0 Å². The molecule has 1 fully saturated rings. The van der Waals surface area contributed by atoms with Crippen molar-refractivity contribution < 1.29 is 26.7 Å². The molecule has 3 nitrogen and oxygen atoms in total. The molecule has 27 heavy (non-hydrogen) atoms. The smallest absolute Gasteiger partial charge is 0.336 e. The van der Waals surface area contributed by atoms with Gasteiger partial charge >= 0.3 is 6.18 Å². The Hall–Kier alpha value is -2.48. The van der Waals surface area contributed by atoms with E-state index < -0.39 is 24.4 Å². The molecule has 1 amide bonds. The molecule has 0 radical (unpaired) electrons. The van der Waals surface area contributed by atoms with Crippen LogP contribution in [0.5, 0.6) is 0 Å². The minimum atomic E-state index is -4.26. The molecule has 0 atom stereocenters. The number of alkyl halides is 3. The summed E-state index contributed by atoms with van der Waals surface area (Å²) < 4.78 is 64.5. The molecule has 0 aromatic heterocycles. The van der Waals surface area contributed by atoms with Gasteiger partial charge in [-0.05, 0) is 23.8 Å². The predicted octanol–water partition coefficient (Wildman–Crippen LogP) is 3.95. The summed E-state index contributed by atoms with van der Waals surface area (Å²) in [6.07, 6.45) is -4.26. The van der Waals surface area contributed by atoms with Crippen molar-refractivity contribution >= 4 is 5.91 Å². The zero-order valence-electron chi connectivity index (χ0n) is 14.3. The van der Waals surface area contributed by atoms with Crippen molar-refractivity contribution in [1.82, 2.24) is 9.80 Å². The van der Waals surface area contributed by atoms with Crippen LogP contribution >= 0.6 is 0 Å². The van der Waals surface area contributed by atoms with Crippen LogP contribution in [0.2, 0.25) is 0 Å². The normalized spacial score (nSPS) is 15.8. The van der Waals surface area contributed by atoms with Crippen LogP contribution in [0.3, 0.4) is 0 Å². The molecule has 0 saturated carbocycles. The van der Waals surface area contributed by atoms with E-state index in [-0.39, 0.29) is 37.6 Å². The number of hydrogen-bond donors (Lipinski definition) is 0. The van der Waals surface area contributed by atoms with Crippen LogP contribution < -0.4 is 0 Å². The van der Waals surface area contributed by atoms with E-state index >= 15 is 0 Å². The van der Waals surface area contributed by atoms with Gasteiger partial charge in [0.25, 0.3) is 5.91 Å². The lowest BCUT2D eigenvalue weighted by Crippen LogP contribution is -2.50. The van der Waals surface area contributed by atoms with Gasteiger partial charge in [-0.1, -0.05) is 24.3 Å². The molecular weight excluding hydrogens is 367 g/mol. The van der Waals surface area contributed by atoms with E-state index in [0.717, 1.165) is 6.07 Å². The zero-order valence-corrected chi connectivity index (χ0v) is 14.3. The number of amides is 1. The highest BCUT2D eigenvalue weighted by Gasteiger charge is 2.33. The van der Waals surface area contributed by atoms with Gasteiger partial charge in [0.2, 0.25) is 0 Å². The maximum atomic E-state index is 13.9. The minimum absolute atomic E-state index is 0.0924. The summed E-state index contributed by atoms with van der Waals surface area (Å²) in [5.41, 5.74) is 0.869. The summed E-state index contributed by atoms with van der Waals surface area (Å²) >= 11 is 0. The van der Waals surface area contributed by atoms with E-state index in [4.69, 9.17) is 0 Å². The molecule has 0 spiro atoms. The Balaban J connectivity index is 1.66. The van der Waals surface area contributed by atoms with Gasteiger partial charge in [-0.25, -0.2) is 8.78 Å². The molecule has 2 aromatic rings. The highest BCUT2D eigenvalue weighted by Crippen LogP contribution is 2.25. The Morgan fingerprint density at radius 2 is 1.56 bits per heavy atom. The Labute approximate surface area is 153 Å². The van der Waals surface area contributed by atoms with Crippen LogP contribution in [-0.4, -0.2) is 54.6 Å². The fraction of sp³-hybridized carbons (Fsp3) is 0.316.